The van der Waals surface area contributed by atoms with Gasteiger partial charge in [0.05, 0.1) is 11.9 Å². The molecule has 10 heteroatoms. The number of anilines is 1. The van der Waals surface area contributed by atoms with Crippen LogP contribution < -0.4 is 9.62 Å². The molecule has 0 unspecified atom stereocenters. The average molecular weight is 498 g/mol. The molecule has 33 heavy (non-hydrogen) atoms. The Morgan fingerprint density at radius 2 is 1.70 bits per heavy atom. The molecule has 180 valence electrons. The summed E-state index contributed by atoms with van der Waals surface area (Å²) in [4.78, 5) is 27.0. The molecule has 1 atom stereocenters. The fourth-order valence-electron chi connectivity index (χ4n) is 3.30. The third kappa shape index (κ3) is 8.01. The van der Waals surface area contributed by atoms with E-state index in [0.29, 0.717) is 17.3 Å². The Morgan fingerprint density at radius 3 is 2.24 bits per heavy atom. The monoisotopic (exact) mass is 497 g/mol. The lowest BCUT2D eigenvalue weighted by molar-refractivity contribution is -0.140. The van der Waals surface area contributed by atoms with Crippen molar-refractivity contribution in [1.29, 1.82) is 0 Å². The summed E-state index contributed by atoms with van der Waals surface area (Å²) in [5.74, 6) is -1.03. The number of carbonyl (C=O) groups excluding carboxylic acids is 2. The van der Waals surface area contributed by atoms with Gasteiger partial charge in [0.25, 0.3) is 0 Å². The highest BCUT2D eigenvalue weighted by atomic mass is 35.5. The molecule has 0 saturated carbocycles. The molecule has 1 N–H and O–H groups in total. The molecule has 0 saturated heterocycles. The number of sulfonamides is 1. The Labute approximate surface area is 199 Å². The zero-order valence-electron chi connectivity index (χ0n) is 18.9. The maximum absolute atomic E-state index is 13.2. The summed E-state index contributed by atoms with van der Waals surface area (Å²) in [7, 11) is -3.63. The lowest BCUT2D eigenvalue weighted by Crippen LogP contribution is -2.47. The van der Waals surface area contributed by atoms with Gasteiger partial charge in [-0.2, -0.15) is 0 Å². The van der Waals surface area contributed by atoms with Gasteiger partial charge in [-0.3, -0.25) is 13.9 Å². The van der Waals surface area contributed by atoms with Crippen LogP contribution in [0.5, 0.6) is 0 Å². The molecule has 0 aliphatic heterocycles. The van der Waals surface area contributed by atoms with Crippen LogP contribution >= 0.6 is 11.6 Å². The Bertz CT molecular complexity index is 1050. The van der Waals surface area contributed by atoms with E-state index >= 15 is 0 Å². The van der Waals surface area contributed by atoms with E-state index in [-0.39, 0.29) is 37.7 Å². The van der Waals surface area contributed by atoms with Gasteiger partial charge in [0.1, 0.15) is 11.9 Å². The molecule has 0 aliphatic rings. The van der Waals surface area contributed by atoms with Crippen molar-refractivity contribution >= 4 is 39.1 Å². The highest BCUT2D eigenvalue weighted by Gasteiger charge is 2.26. The van der Waals surface area contributed by atoms with E-state index in [9.17, 15) is 22.4 Å². The molecule has 0 fully saturated rings. The maximum Gasteiger partial charge on any atom is 0.242 e. The molecule has 2 amide bonds. The van der Waals surface area contributed by atoms with Crippen molar-refractivity contribution in [2.24, 2.45) is 0 Å². The number of benzene rings is 2. The Hall–Kier alpha value is -2.65. The van der Waals surface area contributed by atoms with Crippen LogP contribution in [0.3, 0.4) is 0 Å². The predicted molar refractivity (Wildman–Crippen MR) is 128 cm³/mol. The van der Waals surface area contributed by atoms with E-state index in [1.54, 1.807) is 38.1 Å². The number of halogens is 2. The first-order chi connectivity index (χ1) is 15.5. The number of amides is 2. The third-order valence-corrected chi connectivity index (χ3v) is 6.50. The molecule has 2 aromatic carbocycles. The molecule has 7 nitrogen and oxygen atoms in total. The molecule has 2 rings (SSSR count). The second kappa shape index (κ2) is 12.0. The van der Waals surface area contributed by atoms with Crippen LogP contribution in [0, 0.1) is 5.82 Å². The summed E-state index contributed by atoms with van der Waals surface area (Å²) in [5, 5.41) is 3.29. The first-order valence-electron chi connectivity index (χ1n) is 10.6. The summed E-state index contributed by atoms with van der Waals surface area (Å²) in [6.07, 6.45) is 1.31. The minimum atomic E-state index is -3.63. The molecule has 0 radical (unpaired) electrons. The fraction of sp³-hybridized carbons (Fsp3) is 0.391. The molecule has 0 aromatic heterocycles. The number of likely N-dealkylation sites (N-methyl/N-ethyl adjacent to an activating group) is 1. The molecule has 0 aliphatic carbocycles. The van der Waals surface area contributed by atoms with E-state index in [0.717, 1.165) is 16.1 Å². The maximum atomic E-state index is 13.2. The van der Waals surface area contributed by atoms with Gasteiger partial charge in [-0.25, -0.2) is 12.8 Å². The number of carbonyl (C=O) groups is 2. The summed E-state index contributed by atoms with van der Waals surface area (Å²) >= 11 is 5.94. The molecule has 0 heterocycles. The second-order valence-corrected chi connectivity index (χ2v) is 9.98. The van der Waals surface area contributed by atoms with Crippen LogP contribution in [-0.4, -0.2) is 50.5 Å². The zero-order valence-corrected chi connectivity index (χ0v) is 20.5. The number of nitrogens with one attached hydrogen (secondary N) is 1. The van der Waals surface area contributed by atoms with E-state index in [1.165, 1.54) is 29.2 Å². The van der Waals surface area contributed by atoms with Gasteiger partial charge in [-0.1, -0.05) is 23.7 Å². The van der Waals surface area contributed by atoms with Crippen molar-refractivity contribution in [3.8, 4) is 0 Å². The van der Waals surface area contributed by atoms with Crippen LogP contribution in [0.15, 0.2) is 48.5 Å². The van der Waals surface area contributed by atoms with Gasteiger partial charge in [-0.05, 0) is 62.2 Å². The summed E-state index contributed by atoms with van der Waals surface area (Å²) < 4.78 is 38.8. The van der Waals surface area contributed by atoms with Gasteiger partial charge >= 0.3 is 0 Å². The lowest BCUT2D eigenvalue weighted by atomic mass is 10.1. The van der Waals surface area contributed by atoms with Crippen LogP contribution in [0.25, 0.3) is 0 Å². The van der Waals surface area contributed by atoms with Crippen molar-refractivity contribution in [3.63, 3.8) is 0 Å². The minimum absolute atomic E-state index is 0.0323. The largest absolute Gasteiger partial charge is 0.355 e. The first kappa shape index (κ1) is 26.6. The molecular weight excluding hydrogens is 469 g/mol. The normalized spacial score (nSPS) is 12.2. The highest BCUT2D eigenvalue weighted by molar-refractivity contribution is 7.92. The van der Waals surface area contributed by atoms with Crippen molar-refractivity contribution in [1.82, 2.24) is 10.2 Å². The van der Waals surface area contributed by atoms with Crippen LogP contribution in [0.2, 0.25) is 5.02 Å². The predicted octanol–water partition coefficient (Wildman–Crippen LogP) is 3.58. The topological polar surface area (TPSA) is 86.8 Å². The summed E-state index contributed by atoms with van der Waals surface area (Å²) in [6, 6.07) is 11.4. The van der Waals surface area contributed by atoms with Crippen molar-refractivity contribution in [2.45, 2.75) is 39.3 Å². The highest BCUT2D eigenvalue weighted by Crippen LogP contribution is 2.20. The standard InChI is InChI=1S/C23H29ClFN3O4S/c1-4-26-23(30)17(2)27(16-18-7-9-19(24)10-8-18)22(29)6-5-15-28(33(3,31)32)21-13-11-20(25)12-14-21/h7-14,17H,4-6,15-16H2,1-3H3,(H,26,30)/t17-/m0/s1. The van der Waals surface area contributed by atoms with Gasteiger partial charge in [0.2, 0.25) is 21.8 Å². The van der Waals surface area contributed by atoms with Gasteiger partial charge in [0, 0.05) is 31.1 Å². The second-order valence-electron chi connectivity index (χ2n) is 7.63. The summed E-state index contributed by atoms with van der Waals surface area (Å²) in [6.45, 7) is 4.14. The number of rotatable bonds is 11. The third-order valence-electron chi connectivity index (χ3n) is 5.05. The van der Waals surface area contributed by atoms with E-state index in [1.807, 2.05) is 0 Å². The molecule has 0 spiro atoms. The lowest BCUT2D eigenvalue weighted by Gasteiger charge is -2.29. The van der Waals surface area contributed by atoms with Crippen LogP contribution in [0.1, 0.15) is 32.3 Å². The summed E-state index contributed by atoms with van der Waals surface area (Å²) in [5.41, 5.74) is 1.13. The van der Waals surface area contributed by atoms with E-state index in [4.69, 9.17) is 11.6 Å². The minimum Gasteiger partial charge on any atom is -0.355 e. The molecule has 2 aromatic rings. The van der Waals surface area contributed by atoms with Crippen molar-refractivity contribution in [2.75, 3.05) is 23.7 Å². The van der Waals surface area contributed by atoms with Gasteiger partial charge in [-0.15, -0.1) is 0 Å². The number of nitrogens with zero attached hydrogens (tertiary/aromatic N) is 2. The molecule has 0 bridgehead atoms. The smallest absolute Gasteiger partial charge is 0.242 e. The Balaban J connectivity index is 2.13. The van der Waals surface area contributed by atoms with Crippen molar-refractivity contribution in [3.05, 3.63) is 64.9 Å². The number of hydrogen-bond acceptors (Lipinski definition) is 4. The fourth-order valence-corrected chi connectivity index (χ4v) is 4.39. The van der Waals surface area contributed by atoms with Gasteiger partial charge < -0.3 is 10.2 Å². The average Bonchev–Trinajstić information content (AvgIpc) is 2.76. The Morgan fingerprint density at radius 1 is 1.09 bits per heavy atom. The van der Waals surface area contributed by atoms with E-state index < -0.39 is 21.9 Å². The SMILES string of the molecule is CCNC(=O)[C@H](C)N(Cc1ccc(Cl)cc1)C(=O)CCCN(c1ccc(F)cc1)S(C)(=O)=O. The van der Waals surface area contributed by atoms with Crippen LogP contribution in [-0.2, 0) is 26.2 Å². The quantitative estimate of drug-likeness (QED) is 0.514. The molecular formula is C23H29ClFN3O4S. The van der Waals surface area contributed by atoms with Crippen molar-refractivity contribution < 1.29 is 22.4 Å². The van der Waals surface area contributed by atoms with E-state index in [2.05, 4.69) is 5.32 Å². The zero-order chi connectivity index (χ0) is 24.6. The van der Waals surface area contributed by atoms with Crippen LogP contribution in [0.4, 0.5) is 10.1 Å². The Kier molecular flexibility index (Phi) is 9.67. The number of hydrogen-bond donors (Lipinski definition) is 1. The first-order valence-corrected chi connectivity index (χ1v) is 12.8. The van der Waals surface area contributed by atoms with Gasteiger partial charge in [0.15, 0.2) is 0 Å².